The number of aromatic hydroxyl groups is 1. The normalized spacial score (nSPS) is 15.2. The minimum Gasteiger partial charge on any atom is -0.503 e. The molecule has 0 saturated carbocycles. The number of nitrogens with one attached hydrogen (secondary N) is 2. The smallest absolute Gasteiger partial charge is 0.235 e. The number of ether oxygens (including phenoxy) is 1. The zero-order valence-electron chi connectivity index (χ0n) is 13.5. The Hall–Kier alpha value is -2.35. The summed E-state index contributed by atoms with van der Waals surface area (Å²) < 4.78 is 5.27. The predicted octanol–water partition coefficient (Wildman–Crippen LogP) is 1.68. The molecule has 0 unspecified atom stereocenters. The summed E-state index contributed by atoms with van der Waals surface area (Å²) in [4.78, 5) is 17.4. The molecule has 0 bridgehead atoms. The van der Waals surface area contributed by atoms with Crippen LogP contribution in [-0.2, 0) is 4.74 Å². The van der Waals surface area contributed by atoms with Crippen LogP contribution in [0.5, 0.6) is 5.75 Å². The first-order valence-electron chi connectivity index (χ1n) is 7.86. The molecular weight excluding hydrogens is 344 g/mol. The summed E-state index contributed by atoms with van der Waals surface area (Å²) in [6.45, 7) is 2.82. The first-order chi connectivity index (χ1) is 12.0. The molecule has 1 aliphatic heterocycles. The molecule has 0 aliphatic carbocycles. The maximum absolute atomic E-state index is 12.6. The number of aromatic amines is 1. The number of H-pyrrole nitrogens is 1. The van der Waals surface area contributed by atoms with E-state index in [-0.39, 0.29) is 29.3 Å². The van der Waals surface area contributed by atoms with Crippen LogP contribution in [0.25, 0.3) is 11.3 Å². The molecule has 1 aromatic heterocycles. The fourth-order valence-electron chi connectivity index (χ4n) is 2.83. The largest absolute Gasteiger partial charge is 0.503 e. The Labute approximate surface area is 149 Å². The molecule has 1 aliphatic rings. The van der Waals surface area contributed by atoms with Crippen molar-refractivity contribution in [1.29, 1.82) is 5.41 Å². The van der Waals surface area contributed by atoms with Crippen molar-refractivity contribution in [1.82, 2.24) is 9.88 Å². The molecule has 3 rings (SSSR count). The minimum atomic E-state index is -0.676. The van der Waals surface area contributed by atoms with Crippen molar-refractivity contribution in [2.75, 3.05) is 38.6 Å². The molecule has 8 heteroatoms. The molecule has 1 fully saturated rings. The molecule has 1 aromatic carbocycles. The molecule has 132 valence electrons. The monoisotopic (exact) mass is 362 g/mol. The van der Waals surface area contributed by atoms with Gasteiger partial charge in [0.1, 0.15) is 5.82 Å². The van der Waals surface area contributed by atoms with Gasteiger partial charge in [-0.1, -0.05) is 29.8 Å². The third kappa shape index (κ3) is 3.53. The van der Waals surface area contributed by atoms with Crippen molar-refractivity contribution in [3.8, 4) is 17.0 Å². The van der Waals surface area contributed by atoms with Crippen LogP contribution < -0.4 is 11.2 Å². The fraction of sp³-hybridized carbons (Fsp3) is 0.294. The van der Waals surface area contributed by atoms with Crippen molar-refractivity contribution >= 4 is 23.1 Å². The van der Waals surface area contributed by atoms with E-state index in [9.17, 15) is 9.90 Å². The molecule has 7 nitrogen and oxygen atoms in total. The van der Waals surface area contributed by atoms with E-state index in [1.807, 2.05) is 4.90 Å². The molecule has 25 heavy (non-hydrogen) atoms. The summed E-state index contributed by atoms with van der Waals surface area (Å²) in [6, 6.07) is 6.81. The lowest BCUT2D eigenvalue weighted by atomic mass is 10.0. The average Bonchev–Trinajstić information content (AvgIpc) is 2.60. The first-order valence-corrected chi connectivity index (χ1v) is 8.24. The van der Waals surface area contributed by atoms with E-state index in [0.717, 1.165) is 0 Å². The standard InChI is InChI=1S/C17H19ClN4O3/c18-11-4-2-1-3-10(11)14-16(24)15(23)13(17(20)21-14)12(19)9-22-5-7-25-8-6-22/h1-4,19,24H,5-9H2,(H3,20,21,23). The molecule has 0 spiro atoms. The summed E-state index contributed by atoms with van der Waals surface area (Å²) in [6.07, 6.45) is 0. The Morgan fingerprint density at radius 3 is 2.72 bits per heavy atom. The van der Waals surface area contributed by atoms with Gasteiger partial charge in [0, 0.05) is 25.2 Å². The second-order valence-corrected chi connectivity index (χ2v) is 6.22. The van der Waals surface area contributed by atoms with E-state index in [2.05, 4.69) is 4.98 Å². The fourth-order valence-corrected chi connectivity index (χ4v) is 3.06. The molecular formula is C17H19ClN4O3. The third-order valence-corrected chi connectivity index (χ3v) is 4.47. The Kier molecular flexibility index (Phi) is 5.08. The molecule has 0 amide bonds. The van der Waals surface area contributed by atoms with Gasteiger partial charge in [-0.25, -0.2) is 0 Å². The van der Waals surface area contributed by atoms with Gasteiger partial charge in [0.2, 0.25) is 5.43 Å². The zero-order chi connectivity index (χ0) is 18.0. The number of hydrogen-bond acceptors (Lipinski definition) is 6. The van der Waals surface area contributed by atoms with Gasteiger partial charge in [0.05, 0.1) is 35.2 Å². The van der Waals surface area contributed by atoms with E-state index >= 15 is 0 Å². The van der Waals surface area contributed by atoms with E-state index in [1.165, 1.54) is 0 Å². The van der Waals surface area contributed by atoms with E-state index in [0.29, 0.717) is 36.9 Å². The van der Waals surface area contributed by atoms with Gasteiger partial charge in [-0.3, -0.25) is 9.69 Å². The number of nitrogens with zero attached hydrogens (tertiary/aromatic N) is 1. The van der Waals surface area contributed by atoms with Crippen LogP contribution in [0.15, 0.2) is 29.1 Å². The summed E-state index contributed by atoms with van der Waals surface area (Å²) in [5.41, 5.74) is 5.98. The lowest BCUT2D eigenvalue weighted by Crippen LogP contribution is -2.40. The van der Waals surface area contributed by atoms with Gasteiger partial charge >= 0.3 is 0 Å². The molecule has 2 heterocycles. The van der Waals surface area contributed by atoms with Crippen LogP contribution in [0.4, 0.5) is 5.82 Å². The van der Waals surface area contributed by atoms with E-state index < -0.39 is 11.2 Å². The van der Waals surface area contributed by atoms with Gasteiger partial charge in [0.15, 0.2) is 5.75 Å². The minimum absolute atomic E-state index is 0.0141. The number of hydrogen-bond donors (Lipinski definition) is 4. The molecule has 1 saturated heterocycles. The highest BCUT2D eigenvalue weighted by molar-refractivity contribution is 6.33. The number of anilines is 1. The second-order valence-electron chi connectivity index (χ2n) is 5.81. The summed E-state index contributed by atoms with van der Waals surface area (Å²) >= 11 is 6.13. The third-order valence-electron chi connectivity index (χ3n) is 4.14. The van der Waals surface area contributed by atoms with Gasteiger partial charge < -0.3 is 26.0 Å². The lowest BCUT2D eigenvalue weighted by molar-refractivity contribution is 0.0453. The molecule has 0 atom stereocenters. The van der Waals surface area contributed by atoms with Gasteiger partial charge in [0.25, 0.3) is 0 Å². The molecule has 0 radical (unpaired) electrons. The van der Waals surface area contributed by atoms with Crippen molar-refractivity contribution < 1.29 is 9.84 Å². The van der Waals surface area contributed by atoms with Crippen molar-refractivity contribution in [3.05, 3.63) is 45.1 Å². The van der Waals surface area contributed by atoms with Crippen molar-refractivity contribution in [2.24, 2.45) is 0 Å². The maximum atomic E-state index is 12.6. The van der Waals surface area contributed by atoms with Crippen molar-refractivity contribution in [3.63, 3.8) is 0 Å². The number of benzene rings is 1. The van der Waals surface area contributed by atoms with E-state index in [1.54, 1.807) is 24.3 Å². The van der Waals surface area contributed by atoms with Crippen LogP contribution in [0.2, 0.25) is 5.02 Å². The quantitative estimate of drug-likeness (QED) is 0.618. The highest BCUT2D eigenvalue weighted by Gasteiger charge is 2.22. The number of rotatable bonds is 4. The van der Waals surface area contributed by atoms with Crippen molar-refractivity contribution in [2.45, 2.75) is 0 Å². The Morgan fingerprint density at radius 2 is 2.04 bits per heavy atom. The predicted molar refractivity (Wildman–Crippen MR) is 97.7 cm³/mol. The van der Waals surface area contributed by atoms with Crippen LogP contribution in [0, 0.1) is 5.41 Å². The highest BCUT2D eigenvalue weighted by Crippen LogP contribution is 2.31. The van der Waals surface area contributed by atoms with Crippen LogP contribution in [0.3, 0.4) is 0 Å². The number of pyridine rings is 1. The zero-order valence-corrected chi connectivity index (χ0v) is 14.3. The summed E-state index contributed by atoms with van der Waals surface area (Å²) in [7, 11) is 0. The second kappa shape index (κ2) is 7.26. The number of halogens is 1. The Bertz CT molecular complexity index is 859. The number of nitrogens with two attached hydrogens (primary N) is 1. The molecule has 5 N–H and O–H groups in total. The SMILES string of the molecule is N=C(CN1CCOCC1)c1c(N)[nH]c(-c2ccccc2Cl)c(O)c1=O. The number of nitrogen functional groups attached to an aromatic ring is 1. The number of aromatic nitrogens is 1. The van der Waals surface area contributed by atoms with Crippen LogP contribution in [0.1, 0.15) is 5.56 Å². The first kappa shape index (κ1) is 17.5. The Morgan fingerprint density at radius 1 is 1.36 bits per heavy atom. The van der Waals surface area contributed by atoms with Crippen LogP contribution >= 0.6 is 11.6 Å². The summed E-state index contributed by atoms with van der Waals surface area (Å²) in [5.74, 6) is -0.458. The molecule has 2 aromatic rings. The van der Waals surface area contributed by atoms with Gasteiger partial charge in [-0.2, -0.15) is 0 Å². The Balaban J connectivity index is 1.97. The van der Waals surface area contributed by atoms with Crippen LogP contribution in [-0.4, -0.2) is 53.6 Å². The highest BCUT2D eigenvalue weighted by atomic mass is 35.5. The van der Waals surface area contributed by atoms with Gasteiger partial charge in [-0.05, 0) is 6.07 Å². The van der Waals surface area contributed by atoms with Gasteiger partial charge in [-0.15, -0.1) is 0 Å². The summed E-state index contributed by atoms with van der Waals surface area (Å²) in [5, 5.41) is 19.0. The number of morpholine rings is 1. The van der Waals surface area contributed by atoms with E-state index in [4.69, 9.17) is 27.5 Å². The lowest BCUT2D eigenvalue weighted by Gasteiger charge is -2.26. The maximum Gasteiger partial charge on any atom is 0.235 e. The average molecular weight is 363 g/mol. The topological polar surface area (TPSA) is 115 Å².